The second-order valence-corrected chi connectivity index (χ2v) is 8.81. The smallest absolute Gasteiger partial charge is 0.191 e. The van der Waals surface area contributed by atoms with E-state index in [0.717, 1.165) is 50.9 Å². The third-order valence-electron chi connectivity index (χ3n) is 6.58. The normalized spacial score (nSPS) is 20.4. The van der Waals surface area contributed by atoms with E-state index < -0.39 is 0 Å². The number of benzene rings is 1. The van der Waals surface area contributed by atoms with Crippen molar-refractivity contribution in [2.24, 2.45) is 4.99 Å². The molecule has 0 aliphatic carbocycles. The molecule has 0 aromatic heterocycles. The molecule has 0 spiro atoms. The van der Waals surface area contributed by atoms with Crippen LogP contribution >= 0.6 is 0 Å². The largest absolute Gasteiger partial charge is 0.494 e. The highest BCUT2D eigenvalue weighted by molar-refractivity contribution is 5.80. The fourth-order valence-corrected chi connectivity index (χ4v) is 4.73. The van der Waals surface area contributed by atoms with Crippen molar-refractivity contribution in [1.29, 1.82) is 0 Å². The van der Waals surface area contributed by atoms with E-state index in [0.29, 0.717) is 12.6 Å². The zero-order chi connectivity index (χ0) is 21.9. The summed E-state index contributed by atoms with van der Waals surface area (Å²) in [6.07, 6.45) is 5.60. The first-order valence-electron chi connectivity index (χ1n) is 12.3. The summed E-state index contributed by atoms with van der Waals surface area (Å²) in [5, 5.41) is 7.19. The molecule has 174 valence electrons. The predicted octanol–water partition coefficient (Wildman–Crippen LogP) is 3.56. The van der Waals surface area contributed by atoms with Crippen LogP contribution in [0.4, 0.5) is 0 Å². The zero-order valence-corrected chi connectivity index (χ0v) is 19.8. The van der Waals surface area contributed by atoms with Gasteiger partial charge in [0.15, 0.2) is 5.96 Å². The monoisotopic (exact) mass is 430 g/mol. The fraction of sp³-hybridized carbons (Fsp3) is 0.720. The molecule has 1 aromatic rings. The SMILES string of the molecule is CCCN1CCC(NC(=NCC2(c3ccc(OCC)cc3)CCOCC2)NCC)CC1. The van der Waals surface area contributed by atoms with Crippen molar-refractivity contribution in [2.75, 3.05) is 52.5 Å². The average Bonchev–Trinajstić information content (AvgIpc) is 2.80. The van der Waals surface area contributed by atoms with Crippen molar-refractivity contribution in [1.82, 2.24) is 15.5 Å². The van der Waals surface area contributed by atoms with Crippen molar-refractivity contribution < 1.29 is 9.47 Å². The van der Waals surface area contributed by atoms with Gasteiger partial charge in [0, 0.05) is 44.3 Å². The van der Waals surface area contributed by atoms with Gasteiger partial charge in [0.1, 0.15) is 5.75 Å². The van der Waals surface area contributed by atoms with Crippen molar-refractivity contribution in [2.45, 2.75) is 64.3 Å². The minimum absolute atomic E-state index is 0.0236. The van der Waals surface area contributed by atoms with Gasteiger partial charge in [-0.1, -0.05) is 19.1 Å². The van der Waals surface area contributed by atoms with E-state index in [-0.39, 0.29) is 5.41 Å². The third-order valence-corrected chi connectivity index (χ3v) is 6.58. The molecule has 2 saturated heterocycles. The van der Waals surface area contributed by atoms with Gasteiger partial charge in [0.2, 0.25) is 0 Å². The zero-order valence-electron chi connectivity index (χ0n) is 19.8. The van der Waals surface area contributed by atoms with Crippen molar-refractivity contribution in [3.05, 3.63) is 29.8 Å². The molecular formula is C25H42N4O2. The lowest BCUT2D eigenvalue weighted by Gasteiger charge is -2.37. The molecule has 0 atom stereocenters. The van der Waals surface area contributed by atoms with Gasteiger partial charge in [0.05, 0.1) is 13.2 Å². The van der Waals surface area contributed by atoms with E-state index in [1.165, 1.54) is 44.5 Å². The maximum atomic E-state index is 5.71. The van der Waals surface area contributed by atoms with Crippen molar-refractivity contribution in [3.8, 4) is 5.75 Å². The summed E-state index contributed by atoms with van der Waals surface area (Å²) in [6.45, 7) is 13.9. The molecule has 0 saturated carbocycles. The summed E-state index contributed by atoms with van der Waals surface area (Å²) in [5.74, 6) is 1.88. The summed E-state index contributed by atoms with van der Waals surface area (Å²) in [4.78, 5) is 7.66. The molecule has 6 nitrogen and oxygen atoms in total. The van der Waals surface area contributed by atoms with E-state index >= 15 is 0 Å². The summed E-state index contributed by atoms with van der Waals surface area (Å²) in [7, 11) is 0. The average molecular weight is 431 g/mol. The quantitative estimate of drug-likeness (QED) is 0.463. The van der Waals surface area contributed by atoms with Gasteiger partial charge in [-0.2, -0.15) is 0 Å². The van der Waals surface area contributed by atoms with E-state index in [4.69, 9.17) is 14.5 Å². The lowest BCUT2D eigenvalue weighted by Crippen LogP contribution is -2.49. The van der Waals surface area contributed by atoms with Crippen LogP contribution in [0, 0.1) is 0 Å². The Hall–Kier alpha value is -1.79. The van der Waals surface area contributed by atoms with Crippen LogP contribution < -0.4 is 15.4 Å². The van der Waals surface area contributed by atoms with Gasteiger partial charge < -0.3 is 25.0 Å². The van der Waals surface area contributed by atoms with E-state index in [1.54, 1.807) is 0 Å². The predicted molar refractivity (Wildman–Crippen MR) is 128 cm³/mol. The summed E-state index contributed by atoms with van der Waals surface area (Å²) >= 11 is 0. The molecule has 2 heterocycles. The van der Waals surface area contributed by atoms with Crippen LogP contribution in [0.2, 0.25) is 0 Å². The molecule has 2 aliphatic heterocycles. The van der Waals surface area contributed by atoms with E-state index in [1.807, 2.05) is 6.92 Å². The number of likely N-dealkylation sites (tertiary alicyclic amines) is 1. The Morgan fingerprint density at radius 2 is 1.84 bits per heavy atom. The van der Waals surface area contributed by atoms with Crippen LogP contribution in [-0.2, 0) is 10.2 Å². The van der Waals surface area contributed by atoms with Crippen LogP contribution in [-0.4, -0.2) is 69.4 Å². The molecule has 31 heavy (non-hydrogen) atoms. The van der Waals surface area contributed by atoms with Gasteiger partial charge in [-0.3, -0.25) is 4.99 Å². The van der Waals surface area contributed by atoms with Crippen molar-refractivity contribution in [3.63, 3.8) is 0 Å². The first-order chi connectivity index (χ1) is 15.2. The molecule has 2 N–H and O–H groups in total. The van der Waals surface area contributed by atoms with E-state index in [9.17, 15) is 0 Å². The fourth-order valence-electron chi connectivity index (χ4n) is 4.73. The highest BCUT2D eigenvalue weighted by Gasteiger charge is 2.34. The number of guanidine groups is 1. The second-order valence-electron chi connectivity index (χ2n) is 8.81. The Labute approximate surface area is 188 Å². The molecule has 0 amide bonds. The van der Waals surface area contributed by atoms with Gasteiger partial charge >= 0.3 is 0 Å². The molecule has 6 heteroatoms. The van der Waals surface area contributed by atoms with Crippen LogP contribution in [0.1, 0.15) is 58.4 Å². The number of nitrogens with one attached hydrogen (secondary N) is 2. The van der Waals surface area contributed by atoms with Gasteiger partial charge in [-0.05, 0) is 70.2 Å². The van der Waals surface area contributed by atoms with Gasteiger partial charge in [0.25, 0.3) is 0 Å². The highest BCUT2D eigenvalue weighted by Crippen LogP contribution is 2.36. The van der Waals surface area contributed by atoms with Crippen LogP contribution in [0.3, 0.4) is 0 Å². The summed E-state index contributed by atoms with van der Waals surface area (Å²) in [6, 6.07) is 9.12. The summed E-state index contributed by atoms with van der Waals surface area (Å²) in [5.41, 5.74) is 1.36. The Morgan fingerprint density at radius 1 is 1.13 bits per heavy atom. The number of piperidine rings is 1. The molecule has 3 rings (SSSR count). The Kier molecular flexibility index (Phi) is 9.47. The molecule has 2 fully saturated rings. The maximum absolute atomic E-state index is 5.71. The number of ether oxygens (including phenoxy) is 2. The molecule has 0 unspecified atom stereocenters. The van der Waals surface area contributed by atoms with Crippen LogP contribution in [0.15, 0.2) is 29.3 Å². The minimum atomic E-state index is 0.0236. The Balaban J connectivity index is 1.68. The second kappa shape index (κ2) is 12.3. The number of aliphatic imine (C=N–C) groups is 1. The number of nitrogens with zero attached hydrogens (tertiary/aromatic N) is 2. The Morgan fingerprint density at radius 3 is 2.45 bits per heavy atom. The number of hydrogen-bond donors (Lipinski definition) is 2. The summed E-state index contributed by atoms with van der Waals surface area (Å²) < 4.78 is 11.3. The Bertz CT molecular complexity index is 663. The number of hydrogen-bond acceptors (Lipinski definition) is 4. The third kappa shape index (κ3) is 6.84. The maximum Gasteiger partial charge on any atom is 0.191 e. The lowest BCUT2D eigenvalue weighted by atomic mass is 9.74. The van der Waals surface area contributed by atoms with Gasteiger partial charge in [-0.15, -0.1) is 0 Å². The molecule has 2 aliphatic rings. The number of rotatable bonds is 9. The van der Waals surface area contributed by atoms with Crippen LogP contribution in [0.5, 0.6) is 5.75 Å². The molecule has 1 aromatic carbocycles. The molecule has 0 bridgehead atoms. The standard InChI is InChI=1S/C25H42N4O2/c1-4-15-29-16-11-22(12-17-29)28-24(26-5-2)27-20-25(13-18-30-19-14-25)21-7-9-23(10-8-21)31-6-3/h7-10,22H,4-6,11-20H2,1-3H3,(H2,26,27,28). The molecular weight excluding hydrogens is 388 g/mol. The molecule has 0 radical (unpaired) electrons. The van der Waals surface area contributed by atoms with Gasteiger partial charge in [-0.25, -0.2) is 0 Å². The van der Waals surface area contributed by atoms with Crippen LogP contribution in [0.25, 0.3) is 0 Å². The van der Waals surface area contributed by atoms with E-state index in [2.05, 4.69) is 53.6 Å². The minimum Gasteiger partial charge on any atom is -0.494 e. The highest BCUT2D eigenvalue weighted by atomic mass is 16.5. The topological polar surface area (TPSA) is 58.1 Å². The lowest BCUT2D eigenvalue weighted by molar-refractivity contribution is 0.0530. The first kappa shape index (κ1) is 23.9. The first-order valence-corrected chi connectivity index (χ1v) is 12.3. The van der Waals surface area contributed by atoms with Crippen molar-refractivity contribution >= 4 is 5.96 Å².